The number of hydrogen-bond donors (Lipinski definition) is 3. The number of aromatic nitrogens is 1. The van der Waals surface area contributed by atoms with Crippen LogP contribution in [-0.4, -0.2) is 65.2 Å². The number of piperidine rings is 1. The zero-order chi connectivity index (χ0) is 24.7. The lowest BCUT2D eigenvalue weighted by Crippen LogP contribution is -2.55. The van der Waals surface area contributed by atoms with Crippen molar-refractivity contribution in [1.82, 2.24) is 14.8 Å². The highest BCUT2D eigenvalue weighted by Gasteiger charge is 2.48. The van der Waals surface area contributed by atoms with Crippen LogP contribution in [0.2, 0.25) is 0 Å². The zero-order valence-electron chi connectivity index (χ0n) is 19.8. The molecule has 0 radical (unpaired) electrons. The van der Waals surface area contributed by atoms with Crippen LogP contribution in [0.25, 0.3) is 10.9 Å². The van der Waals surface area contributed by atoms with E-state index >= 15 is 0 Å². The third-order valence-electron chi connectivity index (χ3n) is 7.43. The molecule has 3 heterocycles. The quantitative estimate of drug-likeness (QED) is 0.532. The number of ether oxygens (including phenoxy) is 1. The average Bonchev–Trinajstić information content (AvgIpc) is 3.25. The Morgan fingerprint density at radius 3 is 2.54 bits per heavy atom. The molecule has 2 aliphatic rings. The molecule has 5 rings (SSSR count). The van der Waals surface area contributed by atoms with Crippen molar-refractivity contribution in [3.05, 3.63) is 59.5 Å². The van der Waals surface area contributed by atoms with E-state index in [9.17, 15) is 19.1 Å². The van der Waals surface area contributed by atoms with Gasteiger partial charge in [0.1, 0.15) is 11.6 Å². The van der Waals surface area contributed by atoms with Gasteiger partial charge in [0.2, 0.25) is 5.91 Å². The zero-order valence-corrected chi connectivity index (χ0v) is 19.8. The minimum Gasteiger partial charge on any atom is -0.497 e. The standard InChI is InChI=1S/C26H29FN4O4/c1-16(33)31-15-26(9-11-30(12-10-26)25(34)28-18-5-3-17(27)4-6-18)23-20-8-7-19(35-2)13-21(20)29-24(23)22(31)14-32/h3-8,13,22,29,32H,9-12,14-15H2,1-2H3,(H,28,34)/t22-/m1/s1. The van der Waals surface area contributed by atoms with Crippen molar-refractivity contribution < 1.29 is 23.8 Å². The first kappa shape index (κ1) is 23.2. The summed E-state index contributed by atoms with van der Waals surface area (Å²) in [5, 5.41) is 14.1. The lowest BCUT2D eigenvalue weighted by molar-refractivity contribution is -0.134. The molecule has 3 N–H and O–H groups in total. The van der Waals surface area contributed by atoms with Gasteiger partial charge < -0.3 is 29.9 Å². The number of likely N-dealkylation sites (tertiary alicyclic amines) is 1. The van der Waals surface area contributed by atoms with E-state index in [1.54, 1.807) is 16.9 Å². The summed E-state index contributed by atoms with van der Waals surface area (Å²) in [6.07, 6.45) is 1.33. The highest BCUT2D eigenvalue weighted by atomic mass is 19.1. The average molecular weight is 481 g/mol. The topological polar surface area (TPSA) is 97.9 Å². The summed E-state index contributed by atoms with van der Waals surface area (Å²) < 4.78 is 18.6. The van der Waals surface area contributed by atoms with Crippen LogP contribution in [0, 0.1) is 5.82 Å². The van der Waals surface area contributed by atoms with Gasteiger partial charge in [0, 0.05) is 60.3 Å². The number of hydrogen-bond acceptors (Lipinski definition) is 4. The van der Waals surface area contributed by atoms with Crippen LogP contribution in [0.3, 0.4) is 0 Å². The number of amides is 3. The maximum atomic E-state index is 13.2. The second kappa shape index (κ2) is 8.88. The molecule has 0 unspecified atom stereocenters. The second-order valence-electron chi connectivity index (χ2n) is 9.37. The molecule has 8 nitrogen and oxygen atoms in total. The number of carbonyl (C=O) groups is 2. The van der Waals surface area contributed by atoms with Crippen LogP contribution in [-0.2, 0) is 10.2 Å². The number of benzene rings is 2. The van der Waals surface area contributed by atoms with E-state index in [1.165, 1.54) is 31.2 Å². The van der Waals surface area contributed by atoms with Gasteiger partial charge in [0.25, 0.3) is 0 Å². The Bertz CT molecular complexity index is 1260. The summed E-state index contributed by atoms with van der Waals surface area (Å²) in [7, 11) is 1.62. The molecule has 35 heavy (non-hydrogen) atoms. The lowest BCUT2D eigenvalue weighted by Gasteiger charge is -2.50. The van der Waals surface area contributed by atoms with Crippen molar-refractivity contribution in [2.75, 3.05) is 38.7 Å². The van der Waals surface area contributed by atoms with E-state index < -0.39 is 6.04 Å². The van der Waals surface area contributed by atoms with Gasteiger partial charge in [0.15, 0.2) is 0 Å². The molecule has 2 aromatic carbocycles. The number of aliphatic hydroxyl groups is 1. The highest BCUT2D eigenvalue weighted by molar-refractivity contribution is 5.90. The SMILES string of the molecule is COc1ccc2c3c([nH]c2c1)[C@@H](CO)N(C(C)=O)CC31CCN(C(=O)Nc2ccc(F)cc2)CC1. The fraction of sp³-hybridized carbons (Fsp3) is 0.385. The Kier molecular flexibility index (Phi) is 5.88. The van der Waals surface area contributed by atoms with Crippen LogP contribution < -0.4 is 10.1 Å². The lowest BCUT2D eigenvalue weighted by atomic mass is 9.68. The maximum Gasteiger partial charge on any atom is 0.321 e. The monoisotopic (exact) mass is 480 g/mol. The number of halogens is 1. The van der Waals surface area contributed by atoms with E-state index in [1.807, 2.05) is 18.2 Å². The van der Waals surface area contributed by atoms with Crippen LogP contribution in [0.4, 0.5) is 14.9 Å². The number of carbonyl (C=O) groups excluding carboxylic acids is 2. The third-order valence-corrected chi connectivity index (χ3v) is 7.43. The number of methoxy groups -OCH3 is 1. The summed E-state index contributed by atoms with van der Waals surface area (Å²) in [5.41, 5.74) is 3.04. The van der Waals surface area contributed by atoms with Crippen molar-refractivity contribution in [3.63, 3.8) is 0 Å². The van der Waals surface area contributed by atoms with Gasteiger partial charge in [-0.15, -0.1) is 0 Å². The van der Waals surface area contributed by atoms with E-state index in [4.69, 9.17) is 4.74 Å². The molecule has 2 aliphatic heterocycles. The van der Waals surface area contributed by atoms with E-state index in [0.717, 1.165) is 27.9 Å². The first-order valence-electron chi connectivity index (χ1n) is 11.7. The van der Waals surface area contributed by atoms with Gasteiger partial charge in [-0.1, -0.05) is 0 Å². The van der Waals surface area contributed by atoms with Gasteiger partial charge in [0.05, 0.1) is 19.8 Å². The molecule has 3 amide bonds. The largest absolute Gasteiger partial charge is 0.497 e. The molecule has 1 spiro atoms. The van der Waals surface area contributed by atoms with Gasteiger partial charge >= 0.3 is 6.03 Å². The second-order valence-corrected chi connectivity index (χ2v) is 9.37. The Labute approximate surface area is 202 Å². The van der Waals surface area contributed by atoms with Crippen molar-refractivity contribution in [2.45, 2.75) is 31.2 Å². The summed E-state index contributed by atoms with van der Waals surface area (Å²) in [6, 6.07) is 10.9. The molecular formula is C26H29FN4O4. The van der Waals surface area contributed by atoms with Crippen LogP contribution in [0.15, 0.2) is 42.5 Å². The molecule has 1 saturated heterocycles. The van der Waals surface area contributed by atoms with E-state index in [0.29, 0.717) is 38.2 Å². The van der Waals surface area contributed by atoms with Gasteiger partial charge in [-0.05, 0) is 54.8 Å². The molecular weight excluding hydrogens is 451 g/mol. The van der Waals surface area contributed by atoms with Crippen molar-refractivity contribution in [1.29, 1.82) is 0 Å². The van der Waals surface area contributed by atoms with Crippen LogP contribution in [0.1, 0.15) is 37.1 Å². The van der Waals surface area contributed by atoms with Gasteiger partial charge in [-0.3, -0.25) is 4.79 Å². The molecule has 9 heteroatoms. The van der Waals surface area contributed by atoms with Crippen molar-refractivity contribution in [3.8, 4) is 5.75 Å². The van der Waals surface area contributed by atoms with Gasteiger partial charge in [-0.25, -0.2) is 9.18 Å². The predicted octanol–water partition coefficient (Wildman–Crippen LogP) is 3.78. The summed E-state index contributed by atoms with van der Waals surface area (Å²) in [4.78, 5) is 32.4. The molecule has 1 aromatic heterocycles. The number of aliphatic hydroxyl groups excluding tert-OH is 1. The van der Waals surface area contributed by atoms with Crippen LogP contribution >= 0.6 is 0 Å². The number of urea groups is 1. The molecule has 0 saturated carbocycles. The van der Waals surface area contributed by atoms with E-state index in [-0.39, 0.29) is 29.8 Å². The third kappa shape index (κ3) is 3.99. The summed E-state index contributed by atoms with van der Waals surface area (Å²) in [6.45, 7) is 2.83. The fourth-order valence-corrected chi connectivity index (χ4v) is 5.62. The Hall–Kier alpha value is -3.59. The fourth-order valence-electron chi connectivity index (χ4n) is 5.62. The Morgan fingerprint density at radius 2 is 1.91 bits per heavy atom. The van der Waals surface area contributed by atoms with Crippen LogP contribution in [0.5, 0.6) is 5.75 Å². The highest BCUT2D eigenvalue weighted by Crippen LogP contribution is 2.49. The normalized spacial score (nSPS) is 19.0. The Balaban J connectivity index is 1.47. The number of aromatic amines is 1. The minimum atomic E-state index is -0.452. The molecule has 1 atom stereocenters. The molecule has 1 fully saturated rings. The number of anilines is 1. The van der Waals surface area contributed by atoms with E-state index in [2.05, 4.69) is 10.3 Å². The first-order chi connectivity index (χ1) is 16.8. The van der Waals surface area contributed by atoms with Gasteiger partial charge in [-0.2, -0.15) is 0 Å². The number of nitrogens with one attached hydrogen (secondary N) is 2. The number of H-pyrrole nitrogens is 1. The predicted molar refractivity (Wildman–Crippen MR) is 130 cm³/mol. The van der Waals surface area contributed by atoms with Crippen molar-refractivity contribution >= 4 is 28.5 Å². The summed E-state index contributed by atoms with van der Waals surface area (Å²) in [5.74, 6) is 0.270. The molecule has 0 aliphatic carbocycles. The number of nitrogens with zero attached hydrogens (tertiary/aromatic N) is 2. The first-order valence-corrected chi connectivity index (χ1v) is 11.7. The maximum absolute atomic E-state index is 13.2. The molecule has 184 valence electrons. The number of rotatable bonds is 3. The molecule has 3 aromatic rings. The smallest absolute Gasteiger partial charge is 0.321 e. The summed E-state index contributed by atoms with van der Waals surface area (Å²) >= 11 is 0. The molecule has 0 bridgehead atoms. The Morgan fingerprint density at radius 1 is 1.20 bits per heavy atom. The minimum absolute atomic E-state index is 0.0956. The van der Waals surface area contributed by atoms with Crippen molar-refractivity contribution in [2.24, 2.45) is 0 Å². The number of fused-ring (bicyclic) bond motifs is 4.